The van der Waals surface area contributed by atoms with Gasteiger partial charge >= 0.3 is 5.97 Å². The van der Waals surface area contributed by atoms with Crippen LogP contribution in [0, 0.1) is 11.3 Å². The third-order valence-electron chi connectivity index (χ3n) is 3.76. The highest BCUT2D eigenvalue weighted by atomic mass is 16.5. The number of ether oxygens (including phenoxy) is 1. The molecule has 3 aromatic rings. The number of nitrogens with zero attached hydrogens (tertiary/aromatic N) is 1. The summed E-state index contributed by atoms with van der Waals surface area (Å²) in [5.41, 5.74) is 2.19. The fourth-order valence-corrected chi connectivity index (χ4v) is 2.55. The normalized spacial score (nSPS) is 10.1. The number of carboxylic acid groups (broad SMARTS) is 1. The van der Waals surface area contributed by atoms with Crippen molar-refractivity contribution in [3.8, 4) is 34.2 Å². The lowest BCUT2D eigenvalue weighted by Gasteiger charge is -2.09. The van der Waals surface area contributed by atoms with E-state index in [9.17, 15) is 14.9 Å². The first-order valence-corrected chi connectivity index (χ1v) is 7.76. The Hall–Kier alpha value is -3.85. The van der Waals surface area contributed by atoms with Crippen molar-refractivity contribution in [3.05, 3.63) is 76.6 Å². The van der Waals surface area contributed by atoms with Gasteiger partial charge in [-0.15, -0.1) is 0 Å². The molecule has 128 valence electrons. The monoisotopic (exact) mass is 346 g/mol. The summed E-state index contributed by atoms with van der Waals surface area (Å²) in [5, 5.41) is 18.0. The molecule has 1 heterocycles. The van der Waals surface area contributed by atoms with Gasteiger partial charge in [0, 0.05) is 11.3 Å². The lowest BCUT2D eigenvalue weighted by molar-refractivity contribution is -0.139. The van der Waals surface area contributed by atoms with Crippen molar-refractivity contribution < 1.29 is 14.6 Å². The van der Waals surface area contributed by atoms with Crippen LogP contribution in [0.4, 0.5) is 0 Å². The first kappa shape index (κ1) is 17.0. The molecule has 0 aliphatic carbocycles. The maximum absolute atomic E-state index is 12.3. The Kier molecular flexibility index (Phi) is 4.81. The molecule has 0 bridgehead atoms. The summed E-state index contributed by atoms with van der Waals surface area (Å²) >= 11 is 0. The number of carbonyl (C=O) groups is 1. The molecule has 2 aromatic carbocycles. The summed E-state index contributed by atoms with van der Waals surface area (Å²) in [5.74, 6) is -0.645. The van der Waals surface area contributed by atoms with Crippen molar-refractivity contribution >= 4 is 5.97 Å². The molecule has 0 radical (unpaired) electrons. The summed E-state index contributed by atoms with van der Waals surface area (Å²) < 4.78 is 5.10. The average Bonchev–Trinajstić information content (AvgIpc) is 2.67. The van der Waals surface area contributed by atoms with Gasteiger partial charge in [-0.3, -0.25) is 4.79 Å². The molecule has 1 aromatic heterocycles. The Labute approximate surface area is 148 Å². The Morgan fingerprint density at radius 3 is 2.38 bits per heavy atom. The highest BCUT2D eigenvalue weighted by Gasteiger charge is 2.12. The van der Waals surface area contributed by atoms with Crippen molar-refractivity contribution in [2.75, 3.05) is 6.61 Å². The van der Waals surface area contributed by atoms with Crippen LogP contribution in [-0.2, 0) is 4.79 Å². The number of nitriles is 1. The van der Waals surface area contributed by atoms with Gasteiger partial charge in [0.25, 0.3) is 5.56 Å². The topological polar surface area (TPSA) is 103 Å². The molecular weight excluding hydrogens is 332 g/mol. The standard InChI is InChI=1S/C20H14N2O4/c21-11-17-16(13-4-2-1-3-5-13)10-18(22-20(17)25)14-6-8-15(9-7-14)26-12-19(23)24/h1-10H,12H2,(H,22,25)(H,23,24). The van der Waals surface area contributed by atoms with Gasteiger partial charge in [-0.25, -0.2) is 4.79 Å². The maximum atomic E-state index is 12.3. The third kappa shape index (κ3) is 3.62. The van der Waals surface area contributed by atoms with E-state index in [2.05, 4.69) is 4.98 Å². The number of hydrogen-bond donors (Lipinski definition) is 2. The summed E-state index contributed by atoms with van der Waals surface area (Å²) in [6.07, 6.45) is 0. The predicted molar refractivity (Wildman–Crippen MR) is 95.8 cm³/mol. The van der Waals surface area contributed by atoms with Gasteiger partial charge in [-0.05, 0) is 41.5 Å². The molecule has 2 N–H and O–H groups in total. The maximum Gasteiger partial charge on any atom is 0.341 e. The molecule has 0 aliphatic heterocycles. The van der Waals surface area contributed by atoms with E-state index < -0.39 is 18.1 Å². The highest BCUT2D eigenvalue weighted by molar-refractivity contribution is 5.75. The molecule has 6 heteroatoms. The highest BCUT2D eigenvalue weighted by Crippen LogP contribution is 2.27. The van der Waals surface area contributed by atoms with E-state index in [0.717, 1.165) is 5.56 Å². The minimum Gasteiger partial charge on any atom is -0.482 e. The molecule has 0 aliphatic rings. The van der Waals surface area contributed by atoms with Crippen LogP contribution in [0.25, 0.3) is 22.4 Å². The fourth-order valence-electron chi connectivity index (χ4n) is 2.55. The number of aromatic nitrogens is 1. The number of hydrogen-bond acceptors (Lipinski definition) is 4. The van der Waals surface area contributed by atoms with E-state index >= 15 is 0 Å². The van der Waals surface area contributed by atoms with Crippen LogP contribution in [0.1, 0.15) is 5.56 Å². The second-order valence-corrected chi connectivity index (χ2v) is 5.49. The van der Waals surface area contributed by atoms with Crippen molar-refractivity contribution in [3.63, 3.8) is 0 Å². The zero-order chi connectivity index (χ0) is 18.5. The fraction of sp³-hybridized carbons (Fsp3) is 0.0500. The molecule has 0 amide bonds. The van der Waals surface area contributed by atoms with E-state index in [4.69, 9.17) is 9.84 Å². The Morgan fingerprint density at radius 2 is 1.77 bits per heavy atom. The van der Waals surface area contributed by atoms with E-state index in [-0.39, 0.29) is 5.56 Å². The van der Waals surface area contributed by atoms with Crippen molar-refractivity contribution in [1.82, 2.24) is 4.98 Å². The summed E-state index contributed by atoms with van der Waals surface area (Å²) in [7, 11) is 0. The number of pyridine rings is 1. The number of nitrogens with one attached hydrogen (secondary N) is 1. The first-order chi connectivity index (χ1) is 12.6. The summed E-state index contributed by atoms with van der Waals surface area (Å²) in [6.45, 7) is -0.425. The van der Waals surface area contributed by atoms with Crippen LogP contribution in [-0.4, -0.2) is 22.7 Å². The van der Waals surface area contributed by atoms with Crippen molar-refractivity contribution in [2.24, 2.45) is 0 Å². The minimum atomic E-state index is -1.06. The minimum absolute atomic E-state index is 0.0568. The number of H-pyrrole nitrogens is 1. The molecule has 26 heavy (non-hydrogen) atoms. The molecule has 0 atom stereocenters. The van der Waals surface area contributed by atoms with E-state index in [0.29, 0.717) is 22.6 Å². The average molecular weight is 346 g/mol. The van der Waals surface area contributed by atoms with Gasteiger partial charge in [0.05, 0.1) is 0 Å². The lowest BCUT2D eigenvalue weighted by atomic mass is 9.99. The molecule has 0 unspecified atom stereocenters. The van der Waals surface area contributed by atoms with Crippen LogP contribution < -0.4 is 10.3 Å². The van der Waals surface area contributed by atoms with Crippen LogP contribution in [0.2, 0.25) is 0 Å². The van der Waals surface area contributed by atoms with E-state index in [1.165, 1.54) is 0 Å². The molecule has 0 spiro atoms. The molecule has 0 fully saturated rings. The van der Waals surface area contributed by atoms with Gasteiger partial charge in [-0.1, -0.05) is 30.3 Å². The second kappa shape index (κ2) is 7.36. The van der Waals surface area contributed by atoms with Crippen LogP contribution >= 0.6 is 0 Å². The van der Waals surface area contributed by atoms with E-state index in [1.54, 1.807) is 30.3 Å². The number of rotatable bonds is 5. The molecule has 0 saturated carbocycles. The first-order valence-electron chi connectivity index (χ1n) is 7.76. The number of benzene rings is 2. The largest absolute Gasteiger partial charge is 0.482 e. The van der Waals surface area contributed by atoms with Crippen LogP contribution in [0.15, 0.2) is 65.5 Å². The molecule has 6 nitrogen and oxygen atoms in total. The smallest absolute Gasteiger partial charge is 0.341 e. The van der Waals surface area contributed by atoms with E-state index in [1.807, 2.05) is 36.4 Å². The van der Waals surface area contributed by atoms with Gasteiger partial charge in [0.1, 0.15) is 17.4 Å². The van der Waals surface area contributed by atoms with Crippen LogP contribution in [0.5, 0.6) is 5.75 Å². The number of aromatic amines is 1. The second-order valence-electron chi connectivity index (χ2n) is 5.49. The lowest BCUT2D eigenvalue weighted by Crippen LogP contribution is -2.12. The molecular formula is C20H14N2O4. The molecule has 0 saturated heterocycles. The van der Waals surface area contributed by atoms with Crippen molar-refractivity contribution in [1.29, 1.82) is 5.26 Å². The summed E-state index contributed by atoms with van der Waals surface area (Å²) in [6, 6.07) is 19.6. The Morgan fingerprint density at radius 1 is 1.08 bits per heavy atom. The van der Waals surface area contributed by atoms with Gasteiger partial charge in [0.15, 0.2) is 6.61 Å². The summed E-state index contributed by atoms with van der Waals surface area (Å²) in [4.78, 5) is 25.6. The van der Waals surface area contributed by atoms with Crippen LogP contribution in [0.3, 0.4) is 0 Å². The zero-order valence-electron chi connectivity index (χ0n) is 13.6. The van der Waals surface area contributed by atoms with Crippen molar-refractivity contribution in [2.45, 2.75) is 0 Å². The number of carboxylic acids is 1. The quantitative estimate of drug-likeness (QED) is 0.739. The van der Waals surface area contributed by atoms with Gasteiger partial charge in [-0.2, -0.15) is 5.26 Å². The zero-order valence-corrected chi connectivity index (χ0v) is 13.6. The van der Waals surface area contributed by atoms with Gasteiger partial charge in [0.2, 0.25) is 0 Å². The predicted octanol–water partition coefficient (Wildman–Crippen LogP) is 3.04. The number of aliphatic carboxylic acids is 1. The SMILES string of the molecule is N#Cc1c(-c2ccccc2)cc(-c2ccc(OCC(=O)O)cc2)[nH]c1=O. The Bertz CT molecular complexity index is 1030. The third-order valence-corrected chi connectivity index (χ3v) is 3.76. The van der Waals surface area contributed by atoms with Gasteiger partial charge < -0.3 is 14.8 Å². The molecule has 3 rings (SSSR count). The Balaban J connectivity index is 2.01.